The summed E-state index contributed by atoms with van der Waals surface area (Å²) in [5.74, 6) is -0.476. The van der Waals surface area contributed by atoms with Crippen LogP contribution in [0.1, 0.15) is 24.1 Å². The van der Waals surface area contributed by atoms with Gasteiger partial charge in [0.2, 0.25) is 0 Å². The molecular weight excluding hydrogens is 338 g/mol. The first-order valence-electron chi connectivity index (χ1n) is 7.75. The zero-order chi connectivity index (χ0) is 19.1. The van der Waals surface area contributed by atoms with Crippen molar-refractivity contribution in [2.75, 3.05) is 19.0 Å². The number of methoxy groups -OCH3 is 1. The molecule has 0 saturated carbocycles. The normalized spacial score (nSPS) is 11.1. The molecule has 26 heavy (non-hydrogen) atoms. The molecule has 2 aromatic rings. The Hall–Kier alpha value is -3.60. The minimum Gasteiger partial charge on any atom is -0.487 e. The average molecular weight is 355 g/mol. The van der Waals surface area contributed by atoms with Crippen LogP contribution in [0, 0.1) is 21.4 Å². The molecule has 8 nitrogen and oxygen atoms in total. The lowest BCUT2D eigenvalue weighted by molar-refractivity contribution is -0.385. The van der Waals surface area contributed by atoms with Crippen LogP contribution in [0.4, 0.5) is 11.4 Å². The van der Waals surface area contributed by atoms with Crippen molar-refractivity contribution in [3.8, 4) is 11.8 Å². The highest BCUT2D eigenvalue weighted by Gasteiger charge is 2.25. The maximum atomic E-state index is 12.2. The van der Waals surface area contributed by atoms with Gasteiger partial charge in [-0.25, -0.2) is 4.79 Å². The smallest absolute Gasteiger partial charge is 0.332 e. The van der Waals surface area contributed by atoms with Gasteiger partial charge in [0.25, 0.3) is 0 Å². The molecule has 0 heterocycles. The number of nitro benzene ring substituents is 1. The lowest BCUT2D eigenvalue weighted by Crippen LogP contribution is -2.22. The van der Waals surface area contributed by atoms with Crippen LogP contribution in [0.15, 0.2) is 42.5 Å². The molecule has 0 aliphatic heterocycles. The molecule has 1 unspecified atom stereocenters. The fourth-order valence-electron chi connectivity index (χ4n) is 2.34. The number of carbonyl (C=O) groups is 1. The van der Waals surface area contributed by atoms with Crippen LogP contribution in [0.3, 0.4) is 0 Å². The Morgan fingerprint density at radius 3 is 2.54 bits per heavy atom. The predicted octanol–water partition coefficient (Wildman–Crippen LogP) is 3.19. The third kappa shape index (κ3) is 4.27. The Balaban J connectivity index is 2.39. The molecule has 0 spiro atoms. The third-order valence-electron chi connectivity index (χ3n) is 3.57. The van der Waals surface area contributed by atoms with E-state index >= 15 is 0 Å². The predicted molar refractivity (Wildman–Crippen MR) is 93.8 cm³/mol. The topological polar surface area (TPSA) is 114 Å². The standard InChI is InChI=1S/C18H17N3O5/c1-3-26-16-9-6-13(10-15(16)21(23)24)17(18(22)25-2)20-14-7-4-12(11-19)5-8-14/h4-10,17,20H,3H2,1-2H3. The van der Waals surface area contributed by atoms with E-state index in [0.717, 1.165) is 0 Å². The molecule has 2 rings (SSSR count). The summed E-state index contributed by atoms with van der Waals surface area (Å²) in [5, 5.41) is 23.1. The van der Waals surface area contributed by atoms with Gasteiger partial charge in [-0.1, -0.05) is 6.07 Å². The summed E-state index contributed by atoms with van der Waals surface area (Å²) in [6.45, 7) is 2.01. The Morgan fingerprint density at radius 1 is 1.31 bits per heavy atom. The second-order valence-electron chi connectivity index (χ2n) is 5.21. The van der Waals surface area contributed by atoms with Crippen LogP contribution < -0.4 is 10.1 Å². The summed E-state index contributed by atoms with van der Waals surface area (Å²) in [4.78, 5) is 22.9. The highest BCUT2D eigenvalue weighted by atomic mass is 16.6. The number of benzene rings is 2. The number of hydrogen-bond acceptors (Lipinski definition) is 7. The van der Waals surface area contributed by atoms with Crippen molar-refractivity contribution in [2.24, 2.45) is 0 Å². The van der Waals surface area contributed by atoms with Gasteiger partial charge in [-0.05, 0) is 42.8 Å². The van der Waals surface area contributed by atoms with Crippen LogP contribution in [-0.4, -0.2) is 24.6 Å². The maximum absolute atomic E-state index is 12.2. The Bertz CT molecular complexity index is 843. The van der Waals surface area contributed by atoms with Crippen molar-refractivity contribution in [3.05, 3.63) is 63.7 Å². The molecular formula is C18H17N3O5. The lowest BCUT2D eigenvalue weighted by atomic mass is 10.0. The number of nitrogens with zero attached hydrogens (tertiary/aromatic N) is 2. The summed E-state index contributed by atoms with van der Waals surface area (Å²) in [6, 6.07) is 11.8. The Labute approximate surface area is 150 Å². The first kappa shape index (κ1) is 18.7. The van der Waals surface area contributed by atoms with Crippen LogP contribution in [0.5, 0.6) is 5.75 Å². The summed E-state index contributed by atoms with van der Waals surface area (Å²) in [7, 11) is 1.23. The van der Waals surface area contributed by atoms with Crippen molar-refractivity contribution in [2.45, 2.75) is 13.0 Å². The molecule has 0 bridgehead atoms. The highest BCUT2D eigenvalue weighted by molar-refractivity contribution is 5.81. The first-order valence-corrected chi connectivity index (χ1v) is 7.75. The van der Waals surface area contributed by atoms with E-state index in [4.69, 9.17) is 14.7 Å². The molecule has 0 amide bonds. The molecule has 0 saturated heterocycles. The maximum Gasteiger partial charge on any atom is 0.332 e. The van der Waals surface area contributed by atoms with Crippen LogP contribution in [0.2, 0.25) is 0 Å². The van der Waals surface area contributed by atoms with Crippen LogP contribution in [-0.2, 0) is 9.53 Å². The molecule has 0 aliphatic rings. The van der Waals surface area contributed by atoms with E-state index in [1.165, 1.54) is 19.2 Å². The van der Waals surface area contributed by atoms with Crippen LogP contribution in [0.25, 0.3) is 0 Å². The zero-order valence-corrected chi connectivity index (χ0v) is 14.3. The molecule has 1 N–H and O–H groups in total. The van der Waals surface area contributed by atoms with Crippen molar-refractivity contribution >= 4 is 17.3 Å². The lowest BCUT2D eigenvalue weighted by Gasteiger charge is -2.18. The number of rotatable bonds is 7. The van der Waals surface area contributed by atoms with E-state index < -0.39 is 16.9 Å². The molecule has 0 aromatic heterocycles. The second kappa shape index (κ2) is 8.48. The van der Waals surface area contributed by atoms with Gasteiger partial charge < -0.3 is 14.8 Å². The van der Waals surface area contributed by atoms with Gasteiger partial charge in [-0.2, -0.15) is 5.26 Å². The van der Waals surface area contributed by atoms with Gasteiger partial charge in [-0.15, -0.1) is 0 Å². The fraction of sp³-hybridized carbons (Fsp3) is 0.222. The number of ether oxygens (including phenoxy) is 2. The van der Waals surface area contributed by atoms with Crippen molar-refractivity contribution in [1.29, 1.82) is 5.26 Å². The van der Waals surface area contributed by atoms with E-state index in [0.29, 0.717) is 16.8 Å². The molecule has 0 radical (unpaired) electrons. The number of hydrogen-bond donors (Lipinski definition) is 1. The number of nitrogens with one attached hydrogen (secondary N) is 1. The van der Waals surface area contributed by atoms with Crippen LogP contribution >= 0.6 is 0 Å². The highest BCUT2D eigenvalue weighted by Crippen LogP contribution is 2.32. The molecule has 8 heteroatoms. The van der Waals surface area contributed by atoms with Gasteiger partial charge in [0.1, 0.15) is 0 Å². The van der Waals surface area contributed by atoms with E-state index in [9.17, 15) is 14.9 Å². The zero-order valence-electron chi connectivity index (χ0n) is 14.3. The minimum atomic E-state index is -0.956. The quantitative estimate of drug-likeness (QED) is 0.461. The summed E-state index contributed by atoms with van der Waals surface area (Å²) < 4.78 is 10.1. The molecule has 134 valence electrons. The first-order chi connectivity index (χ1) is 12.5. The largest absolute Gasteiger partial charge is 0.487 e. The van der Waals surface area contributed by atoms with Gasteiger partial charge in [0.15, 0.2) is 11.8 Å². The minimum absolute atomic E-state index is 0.128. The average Bonchev–Trinajstić information content (AvgIpc) is 2.66. The molecule has 0 aliphatic carbocycles. The summed E-state index contributed by atoms with van der Waals surface area (Å²) in [5.41, 5.74) is 1.16. The van der Waals surface area contributed by atoms with E-state index in [1.807, 2.05) is 6.07 Å². The number of nitro groups is 1. The Kier molecular flexibility index (Phi) is 6.11. The van der Waals surface area contributed by atoms with Crippen molar-refractivity contribution in [1.82, 2.24) is 0 Å². The SMILES string of the molecule is CCOc1ccc(C(Nc2ccc(C#N)cc2)C(=O)OC)cc1[N+](=O)[O-]. The van der Waals surface area contributed by atoms with Gasteiger partial charge in [0, 0.05) is 11.8 Å². The monoisotopic (exact) mass is 355 g/mol. The molecule has 2 aromatic carbocycles. The van der Waals surface area contributed by atoms with Gasteiger partial charge in [0.05, 0.1) is 30.3 Å². The van der Waals surface area contributed by atoms with Crippen molar-refractivity contribution < 1.29 is 19.2 Å². The molecule has 0 fully saturated rings. The number of nitriles is 1. The van der Waals surface area contributed by atoms with Gasteiger partial charge in [-0.3, -0.25) is 10.1 Å². The fourth-order valence-corrected chi connectivity index (χ4v) is 2.34. The number of anilines is 1. The van der Waals surface area contributed by atoms with Crippen molar-refractivity contribution in [3.63, 3.8) is 0 Å². The summed E-state index contributed by atoms with van der Waals surface area (Å²) >= 11 is 0. The van der Waals surface area contributed by atoms with E-state index in [-0.39, 0.29) is 18.0 Å². The van der Waals surface area contributed by atoms with Gasteiger partial charge >= 0.3 is 11.7 Å². The number of esters is 1. The number of carbonyl (C=O) groups excluding carboxylic acids is 1. The third-order valence-corrected chi connectivity index (χ3v) is 3.57. The molecule has 1 atom stereocenters. The second-order valence-corrected chi connectivity index (χ2v) is 5.21. The van der Waals surface area contributed by atoms with E-state index in [1.54, 1.807) is 37.3 Å². The van der Waals surface area contributed by atoms with E-state index in [2.05, 4.69) is 5.32 Å². The Morgan fingerprint density at radius 2 is 2.00 bits per heavy atom. The summed E-state index contributed by atoms with van der Waals surface area (Å²) in [6.07, 6.45) is 0.